The molecule has 5 aromatic rings. The zero-order valence-electron chi connectivity index (χ0n) is 16.7. The van der Waals surface area contributed by atoms with Crippen LogP contribution < -0.4 is 10.6 Å². The number of nitrogens with one attached hydrogen (secondary N) is 2. The standard InChI is InChI=1S/C24H17N5O3/c30-23(27-17-8-4-9-18(14-17)28-24(31)21-10-5-13-32-21)19-15-26-29-20(11-12-25-22(19)29)16-6-2-1-3-7-16/h1-15H,(H,27,30)(H,28,31). The second-order valence-electron chi connectivity index (χ2n) is 6.96. The summed E-state index contributed by atoms with van der Waals surface area (Å²) in [6.07, 6.45) is 4.58. The molecule has 0 atom stereocenters. The SMILES string of the molecule is O=C(Nc1cccc(NC(=O)c2cnn3c(-c4ccccc4)ccnc23)c1)c1ccco1. The minimum absolute atomic E-state index is 0.200. The predicted molar refractivity (Wildman–Crippen MR) is 119 cm³/mol. The number of hydrogen-bond donors (Lipinski definition) is 2. The van der Waals surface area contributed by atoms with Gasteiger partial charge in [-0.05, 0) is 36.4 Å². The summed E-state index contributed by atoms with van der Waals surface area (Å²) in [6, 6.07) is 21.7. The highest BCUT2D eigenvalue weighted by Crippen LogP contribution is 2.22. The molecule has 0 aliphatic heterocycles. The third kappa shape index (κ3) is 3.72. The number of carbonyl (C=O) groups is 2. The van der Waals surface area contributed by atoms with E-state index in [9.17, 15) is 9.59 Å². The van der Waals surface area contributed by atoms with Crippen LogP contribution in [-0.4, -0.2) is 26.4 Å². The van der Waals surface area contributed by atoms with Gasteiger partial charge in [0.2, 0.25) is 0 Å². The maximum atomic E-state index is 13.0. The first-order valence-electron chi connectivity index (χ1n) is 9.83. The van der Waals surface area contributed by atoms with Crippen molar-refractivity contribution in [2.75, 3.05) is 10.6 Å². The summed E-state index contributed by atoms with van der Waals surface area (Å²) in [5.41, 5.74) is 3.63. The molecule has 0 saturated carbocycles. The van der Waals surface area contributed by atoms with Gasteiger partial charge in [0.25, 0.3) is 11.8 Å². The van der Waals surface area contributed by atoms with Gasteiger partial charge in [-0.1, -0.05) is 36.4 Å². The van der Waals surface area contributed by atoms with E-state index in [1.165, 1.54) is 12.5 Å². The van der Waals surface area contributed by atoms with Crippen LogP contribution in [-0.2, 0) is 0 Å². The summed E-state index contributed by atoms with van der Waals surface area (Å²) >= 11 is 0. The Morgan fingerprint density at radius 1 is 0.844 bits per heavy atom. The fourth-order valence-corrected chi connectivity index (χ4v) is 3.35. The zero-order valence-corrected chi connectivity index (χ0v) is 16.7. The van der Waals surface area contributed by atoms with Crippen molar-refractivity contribution >= 4 is 28.8 Å². The summed E-state index contributed by atoms with van der Waals surface area (Å²) in [5, 5.41) is 9.94. The van der Waals surface area contributed by atoms with E-state index < -0.39 is 0 Å². The van der Waals surface area contributed by atoms with Crippen molar-refractivity contribution in [1.29, 1.82) is 0 Å². The number of benzene rings is 2. The maximum Gasteiger partial charge on any atom is 0.291 e. The molecule has 0 radical (unpaired) electrons. The van der Waals surface area contributed by atoms with Gasteiger partial charge in [-0.25, -0.2) is 9.50 Å². The smallest absolute Gasteiger partial charge is 0.291 e. The molecule has 0 unspecified atom stereocenters. The van der Waals surface area contributed by atoms with Gasteiger partial charge < -0.3 is 15.1 Å². The molecule has 5 rings (SSSR count). The number of fused-ring (bicyclic) bond motifs is 1. The number of aromatic nitrogens is 3. The van der Waals surface area contributed by atoms with Crippen LogP contribution in [0.15, 0.2) is 95.9 Å². The average molecular weight is 423 g/mol. The highest BCUT2D eigenvalue weighted by Gasteiger charge is 2.17. The molecule has 2 N–H and O–H groups in total. The molecule has 0 bridgehead atoms. The van der Waals surface area contributed by atoms with E-state index in [0.717, 1.165) is 11.3 Å². The van der Waals surface area contributed by atoms with Crippen molar-refractivity contribution in [3.63, 3.8) is 0 Å². The van der Waals surface area contributed by atoms with Crippen LogP contribution in [0.3, 0.4) is 0 Å². The highest BCUT2D eigenvalue weighted by atomic mass is 16.3. The Hall–Kier alpha value is -4.72. The van der Waals surface area contributed by atoms with Crippen LogP contribution in [0.4, 0.5) is 11.4 Å². The maximum absolute atomic E-state index is 13.0. The van der Waals surface area contributed by atoms with Gasteiger partial charge in [0.1, 0.15) is 5.56 Å². The number of anilines is 2. The Balaban J connectivity index is 1.38. The first-order valence-corrected chi connectivity index (χ1v) is 9.83. The molecule has 32 heavy (non-hydrogen) atoms. The first kappa shape index (κ1) is 19.3. The molecule has 0 spiro atoms. The van der Waals surface area contributed by atoms with Crippen LogP contribution in [0.25, 0.3) is 16.9 Å². The molecule has 2 amide bonds. The van der Waals surface area contributed by atoms with Gasteiger partial charge in [0.05, 0.1) is 18.2 Å². The molecular formula is C24H17N5O3. The van der Waals surface area contributed by atoms with Crippen molar-refractivity contribution in [3.05, 3.63) is 103 Å². The van der Waals surface area contributed by atoms with Gasteiger partial charge in [-0.2, -0.15) is 5.10 Å². The molecule has 0 fully saturated rings. The van der Waals surface area contributed by atoms with E-state index in [2.05, 4.69) is 20.7 Å². The largest absolute Gasteiger partial charge is 0.459 e. The Morgan fingerprint density at radius 3 is 2.38 bits per heavy atom. The topological polar surface area (TPSA) is 102 Å². The van der Waals surface area contributed by atoms with Gasteiger partial charge in [0, 0.05) is 23.1 Å². The minimum Gasteiger partial charge on any atom is -0.459 e. The lowest BCUT2D eigenvalue weighted by Gasteiger charge is -2.08. The Bertz CT molecular complexity index is 1410. The fourth-order valence-electron chi connectivity index (χ4n) is 3.35. The molecule has 0 aliphatic carbocycles. The van der Waals surface area contributed by atoms with Crippen molar-refractivity contribution in [3.8, 4) is 11.3 Å². The molecule has 3 aromatic heterocycles. The summed E-state index contributed by atoms with van der Waals surface area (Å²) in [4.78, 5) is 29.5. The van der Waals surface area contributed by atoms with Crippen LogP contribution in [0, 0.1) is 0 Å². The van der Waals surface area contributed by atoms with E-state index in [1.54, 1.807) is 47.1 Å². The van der Waals surface area contributed by atoms with Crippen molar-refractivity contribution in [2.45, 2.75) is 0 Å². The van der Waals surface area contributed by atoms with E-state index in [-0.39, 0.29) is 17.6 Å². The number of amides is 2. The second-order valence-corrected chi connectivity index (χ2v) is 6.96. The Kier molecular flexibility index (Phi) is 4.93. The quantitative estimate of drug-likeness (QED) is 0.434. The molecular weight excluding hydrogens is 406 g/mol. The van der Waals surface area contributed by atoms with E-state index in [0.29, 0.717) is 22.6 Å². The van der Waals surface area contributed by atoms with Crippen LogP contribution in [0.2, 0.25) is 0 Å². The third-order valence-electron chi connectivity index (χ3n) is 4.84. The zero-order chi connectivity index (χ0) is 21.9. The lowest BCUT2D eigenvalue weighted by Crippen LogP contribution is -2.13. The molecule has 3 heterocycles. The van der Waals surface area contributed by atoms with Crippen molar-refractivity contribution in [2.24, 2.45) is 0 Å². The fraction of sp³-hybridized carbons (Fsp3) is 0. The monoisotopic (exact) mass is 423 g/mol. The summed E-state index contributed by atoms with van der Waals surface area (Å²) < 4.78 is 6.74. The van der Waals surface area contributed by atoms with Gasteiger partial charge >= 0.3 is 0 Å². The second kappa shape index (κ2) is 8.19. The highest BCUT2D eigenvalue weighted by molar-refractivity contribution is 6.09. The Morgan fingerprint density at radius 2 is 1.62 bits per heavy atom. The summed E-state index contributed by atoms with van der Waals surface area (Å²) in [7, 11) is 0. The number of carbonyl (C=O) groups excluding carboxylic acids is 2. The number of hydrogen-bond acceptors (Lipinski definition) is 5. The normalized spacial score (nSPS) is 10.8. The van der Waals surface area contributed by atoms with Crippen LogP contribution >= 0.6 is 0 Å². The molecule has 0 saturated heterocycles. The molecule has 2 aromatic carbocycles. The number of furan rings is 1. The minimum atomic E-state index is -0.376. The van der Waals surface area contributed by atoms with Gasteiger partial charge in [0.15, 0.2) is 11.4 Å². The molecule has 156 valence electrons. The van der Waals surface area contributed by atoms with Gasteiger partial charge in [-0.3, -0.25) is 9.59 Å². The lowest BCUT2D eigenvalue weighted by molar-refractivity contribution is 0.0995. The van der Waals surface area contributed by atoms with E-state index in [4.69, 9.17) is 4.42 Å². The molecule has 0 aliphatic rings. The lowest BCUT2D eigenvalue weighted by atomic mass is 10.1. The predicted octanol–water partition coefficient (Wildman–Crippen LogP) is 4.49. The van der Waals surface area contributed by atoms with Crippen molar-refractivity contribution in [1.82, 2.24) is 14.6 Å². The van der Waals surface area contributed by atoms with Crippen molar-refractivity contribution < 1.29 is 14.0 Å². The molecule has 8 nitrogen and oxygen atoms in total. The third-order valence-corrected chi connectivity index (χ3v) is 4.84. The number of nitrogens with zero attached hydrogens (tertiary/aromatic N) is 3. The van der Waals surface area contributed by atoms with Gasteiger partial charge in [-0.15, -0.1) is 0 Å². The van der Waals surface area contributed by atoms with E-state index in [1.807, 2.05) is 36.4 Å². The molecule has 8 heteroatoms. The van der Waals surface area contributed by atoms with Crippen LogP contribution in [0.5, 0.6) is 0 Å². The number of rotatable bonds is 5. The summed E-state index contributed by atoms with van der Waals surface area (Å²) in [5.74, 6) is -0.531. The Labute approximate surface area is 182 Å². The average Bonchev–Trinajstić information content (AvgIpc) is 3.50. The summed E-state index contributed by atoms with van der Waals surface area (Å²) in [6.45, 7) is 0. The van der Waals surface area contributed by atoms with Crippen LogP contribution in [0.1, 0.15) is 20.9 Å². The van der Waals surface area contributed by atoms with E-state index >= 15 is 0 Å². The first-order chi connectivity index (χ1) is 15.7.